The number of carbonyl (C=O) groups excluding carboxylic acids is 1. The first-order valence-corrected chi connectivity index (χ1v) is 8.19. The summed E-state index contributed by atoms with van der Waals surface area (Å²) in [5.41, 5.74) is 0.349. The Labute approximate surface area is 115 Å². The molecular weight excluding hydrogens is 219 g/mol. The second-order valence-electron chi connectivity index (χ2n) is 5.84. The van der Waals surface area contributed by atoms with Crippen LogP contribution in [0, 0.1) is 0 Å². The summed E-state index contributed by atoms with van der Waals surface area (Å²) in [4.78, 5) is 11.1. The van der Waals surface area contributed by atoms with Crippen LogP contribution in [-0.2, 0) is 4.79 Å². The molecule has 0 atom stereocenters. The van der Waals surface area contributed by atoms with Crippen LogP contribution in [0.1, 0.15) is 84.5 Å². The molecule has 2 heteroatoms. The van der Waals surface area contributed by atoms with Gasteiger partial charge in [0, 0.05) is 0 Å². The molecular formula is C16H33BO. The van der Waals surface area contributed by atoms with Crippen molar-refractivity contribution in [2.75, 3.05) is 0 Å². The zero-order valence-electron chi connectivity index (χ0n) is 13.0. The Morgan fingerprint density at radius 1 is 0.778 bits per heavy atom. The predicted molar refractivity (Wildman–Crippen MR) is 83.6 cm³/mol. The molecule has 0 aliphatic carbocycles. The van der Waals surface area contributed by atoms with Crippen molar-refractivity contribution >= 4 is 12.4 Å². The maximum Gasteiger partial charge on any atom is 0.219 e. The quantitative estimate of drug-likeness (QED) is 0.310. The molecule has 0 rings (SSSR count). The van der Waals surface area contributed by atoms with Crippen LogP contribution in [0.2, 0.25) is 13.1 Å². The maximum absolute atomic E-state index is 11.1. The lowest BCUT2D eigenvalue weighted by atomic mass is 9.46. The summed E-state index contributed by atoms with van der Waals surface area (Å²) >= 11 is 0. The fourth-order valence-electron chi connectivity index (χ4n) is 2.32. The summed E-state index contributed by atoms with van der Waals surface area (Å²) < 4.78 is 0. The van der Waals surface area contributed by atoms with E-state index < -0.39 is 0 Å². The third-order valence-corrected chi connectivity index (χ3v) is 3.93. The van der Waals surface area contributed by atoms with Crippen molar-refractivity contribution in [3.8, 4) is 0 Å². The van der Waals surface area contributed by atoms with Crippen molar-refractivity contribution in [3.63, 3.8) is 0 Å². The van der Waals surface area contributed by atoms with Gasteiger partial charge in [0.05, 0.1) is 5.68 Å². The first-order valence-electron chi connectivity index (χ1n) is 8.19. The van der Waals surface area contributed by atoms with E-state index in [0.717, 1.165) is 6.32 Å². The normalized spacial score (nSPS) is 10.6. The van der Waals surface area contributed by atoms with Gasteiger partial charge < -0.3 is 4.79 Å². The molecule has 106 valence electrons. The van der Waals surface area contributed by atoms with Gasteiger partial charge in [0.15, 0.2) is 0 Å². The van der Waals surface area contributed by atoms with Crippen LogP contribution in [0.4, 0.5) is 0 Å². The van der Waals surface area contributed by atoms with Crippen molar-refractivity contribution in [2.45, 2.75) is 97.6 Å². The monoisotopic (exact) mass is 252 g/mol. The minimum Gasteiger partial charge on any atom is -0.311 e. The van der Waals surface area contributed by atoms with Gasteiger partial charge in [-0.15, -0.1) is 0 Å². The number of unbranched alkanes of at least 4 members (excludes halogenated alkanes) is 10. The van der Waals surface area contributed by atoms with Crippen LogP contribution in [0.25, 0.3) is 0 Å². The Bertz CT molecular complexity index is 192. The summed E-state index contributed by atoms with van der Waals surface area (Å²) in [5.74, 6) is 0. The molecule has 0 aromatic rings. The molecule has 0 aromatic carbocycles. The van der Waals surface area contributed by atoms with E-state index in [0.29, 0.717) is 5.68 Å². The molecule has 0 heterocycles. The van der Waals surface area contributed by atoms with E-state index in [9.17, 15) is 4.79 Å². The average Bonchev–Trinajstić information content (AvgIpc) is 2.35. The first-order chi connectivity index (χ1) is 8.68. The molecule has 0 saturated carbocycles. The highest BCUT2D eigenvalue weighted by atomic mass is 16.1. The number of hydrogen-bond donors (Lipinski definition) is 0. The first kappa shape index (κ1) is 17.7. The van der Waals surface area contributed by atoms with Crippen molar-refractivity contribution in [1.82, 2.24) is 0 Å². The highest BCUT2D eigenvalue weighted by Gasteiger charge is 2.11. The molecule has 0 aliphatic heterocycles. The van der Waals surface area contributed by atoms with Crippen molar-refractivity contribution in [3.05, 3.63) is 0 Å². The van der Waals surface area contributed by atoms with Gasteiger partial charge in [-0.1, -0.05) is 90.7 Å². The van der Waals surface area contributed by atoms with Gasteiger partial charge >= 0.3 is 0 Å². The average molecular weight is 252 g/mol. The Hall–Kier alpha value is -0.265. The Morgan fingerprint density at radius 3 is 1.56 bits per heavy atom. The summed E-state index contributed by atoms with van der Waals surface area (Å²) in [6, 6.07) is 0. The van der Waals surface area contributed by atoms with E-state index >= 15 is 0 Å². The highest BCUT2D eigenvalue weighted by Crippen LogP contribution is 2.12. The minimum atomic E-state index is 0.281. The Balaban J connectivity index is 3.05. The van der Waals surface area contributed by atoms with Crippen LogP contribution in [-0.4, -0.2) is 12.4 Å². The summed E-state index contributed by atoms with van der Waals surface area (Å²) in [5, 5.41) is 0. The van der Waals surface area contributed by atoms with Gasteiger partial charge in [0.25, 0.3) is 0 Å². The number of carbonyl (C=O) groups is 1. The molecule has 1 nitrogen and oxygen atoms in total. The molecule has 0 spiro atoms. The van der Waals surface area contributed by atoms with E-state index in [1.807, 2.05) is 0 Å². The van der Waals surface area contributed by atoms with Crippen LogP contribution in [0.3, 0.4) is 0 Å². The van der Waals surface area contributed by atoms with E-state index in [1.165, 1.54) is 70.6 Å². The van der Waals surface area contributed by atoms with Gasteiger partial charge in [-0.25, -0.2) is 0 Å². The molecule has 18 heavy (non-hydrogen) atoms. The van der Waals surface area contributed by atoms with Gasteiger partial charge in [-0.2, -0.15) is 0 Å². The Kier molecular flexibility index (Phi) is 13.0. The lowest BCUT2D eigenvalue weighted by Gasteiger charge is -2.04. The summed E-state index contributed by atoms with van der Waals surface area (Å²) in [6.45, 7) is 6.32. The standard InChI is InChI=1S/C16H33BO/c1-4-5-6-7-8-9-10-11-12-13-14-15-17(3)16(2)18/h4-15H2,1-3H3. The predicted octanol–water partition coefficient (Wildman–Crippen LogP) is 5.55. The molecule has 0 saturated heterocycles. The highest BCUT2D eigenvalue weighted by molar-refractivity contribution is 6.88. The molecule has 0 amide bonds. The molecule has 0 aliphatic rings. The maximum atomic E-state index is 11.1. The second kappa shape index (κ2) is 13.2. The van der Waals surface area contributed by atoms with Gasteiger partial charge in [-0.05, 0) is 6.92 Å². The fourth-order valence-corrected chi connectivity index (χ4v) is 2.32. The van der Waals surface area contributed by atoms with E-state index in [-0.39, 0.29) is 6.71 Å². The van der Waals surface area contributed by atoms with E-state index in [1.54, 1.807) is 6.92 Å². The molecule has 0 bridgehead atoms. The summed E-state index contributed by atoms with van der Waals surface area (Å²) in [7, 11) is 0. The fraction of sp³-hybridized carbons (Fsp3) is 0.938. The van der Waals surface area contributed by atoms with Gasteiger partial charge in [0.1, 0.15) is 0 Å². The number of rotatable bonds is 13. The second-order valence-corrected chi connectivity index (χ2v) is 5.84. The molecule has 0 N–H and O–H groups in total. The van der Waals surface area contributed by atoms with Crippen LogP contribution < -0.4 is 0 Å². The van der Waals surface area contributed by atoms with Crippen LogP contribution in [0.5, 0.6) is 0 Å². The minimum absolute atomic E-state index is 0.281. The third kappa shape index (κ3) is 12.2. The smallest absolute Gasteiger partial charge is 0.219 e. The molecule has 0 radical (unpaired) electrons. The lowest BCUT2D eigenvalue weighted by molar-refractivity contribution is -0.110. The molecule has 0 aromatic heterocycles. The topological polar surface area (TPSA) is 17.1 Å². The van der Waals surface area contributed by atoms with Crippen molar-refractivity contribution in [1.29, 1.82) is 0 Å². The van der Waals surface area contributed by atoms with Crippen molar-refractivity contribution in [2.24, 2.45) is 0 Å². The molecule has 0 fully saturated rings. The van der Waals surface area contributed by atoms with Gasteiger partial charge in [-0.3, -0.25) is 0 Å². The number of hydrogen-bond acceptors (Lipinski definition) is 1. The largest absolute Gasteiger partial charge is 0.311 e. The van der Waals surface area contributed by atoms with Gasteiger partial charge in [0.2, 0.25) is 6.71 Å². The lowest BCUT2D eigenvalue weighted by Crippen LogP contribution is -2.17. The van der Waals surface area contributed by atoms with Crippen molar-refractivity contribution < 1.29 is 4.79 Å². The van der Waals surface area contributed by atoms with Crippen LogP contribution >= 0.6 is 0 Å². The third-order valence-electron chi connectivity index (χ3n) is 3.93. The SMILES string of the molecule is CCCCCCCCCCCCCB(C)C(C)=O. The van der Waals surface area contributed by atoms with E-state index in [2.05, 4.69) is 13.7 Å². The zero-order chi connectivity index (χ0) is 13.6. The Morgan fingerprint density at radius 2 is 1.17 bits per heavy atom. The zero-order valence-corrected chi connectivity index (χ0v) is 13.0. The van der Waals surface area contributed by atoms with Crippen LogP contribution in [0.15, 0.2) is 0 Å². The summed E-state index contributed by atoms with van der Waals surface area (Å²) in [6.07, 6.45) is 16.3. The van der Waals surface area contributed by atoms with E-state index in [4.69, 9.17) is 0 Å². The molecule has 0 unspecified atom stereocenters.